The third-order valence-corrected chi connectivity index (χ3v) is 4.17. The van der Waals surface area contributed by atoms with E-state index < -0.39 is 0 Å². The van der Waals surface area contributed by atoms with Crippen molar-refractivity contribution in [1.82, 2.24) is 9.80 Å². The third-order valence-electron chi connectivity index (χ3n) is 4.17. The molecule has 0 saturated carbocycles. The Hall–Kier alpha value is -1.66. The summed E-state index contributed by atoms with van der Waals surface area (Å²) in [5.41, 5.74) is 6.53. The molecule has 1 unspecified atom stereocenters. The summed E-state index contributed by atoms with van der Waals surface area (Å²) in [6.07, 6.45) is 1.23. The van der Waals surface area contributed by atoms with Crippen LogP contribution < -0.4 is 10.5 Å². The number of nitrogens with two attached hydrogens (primary N) is 1. The Morgan fingerprint density at radius 3 is 2.65 bits per heavy atom. The fourth-order valence-electron chi connectivity index (χ4n) is 2.78. The van der Waals surface area contributed by atoms with Crippen LogP contribution in [0, 0.1) is 5.82 Å². The number of carbonyl (C=O) groups is 1. The largest absolute Gasteiger partial charge is 0.496 e. The zero-order valence-electron chi connectivity index (χ0n) is 13.9. The van der Waals surface area contributed by atoms with E-state index in [1.54, 1.807) is 13.2 Å². The molecular formula is C17H26FN3O2. The number of ether oxygens (including phenoxy) is 1. The number of benzene rings is 1. The Morgan fingerprint density at radius 1 is 1.35 bits per heavy atom. The van der Waals surface area contributed by atoms with E-state index in [1.807, 2.05) is 11.8 Å². The van der Waals surface area contributed by atoms with Crippen molar-refractivity contribution in [2.45, 2.75) is 32.4 Å². The van der Waals surface area contributed by atoms with E-state index in [4.69, 9.17) is 10.5 Å². The van der Waals surface area contributed by atoms with Gasteiger partial charge in [0.2, 0.25) is 5.91 Å². The van der Waals surface area contributed by atoms with E-state index in [1.165, 1.54) is 12.1 Å². The van der Waals surface area contributed by atoms with Crippen LogP contribution in [0.3, 0.4) is 0 Å². The molecule has 128 valence electrons. The van der Waals surface area contributed by atoms with Gasteiger partial charge in [0.1, 0.15) is 11.6 Å². The topological polar surface area (TPSA) is 58.8 Å². The van der Waals surface area contributed by atoms with Crippen molar-refractivity contribution in [2.75, 3.05) is 33.3 Å². The van der Waals surface area contributed by atoms with Gasteiger partial charge in [0.05, 0.1) is 7.11 Å². The lowest BCUT2D eigenvalue weighted by atomic mass is 10.1. The van der Waals surface area contributed by atoms with Gasteiger partial charge >= 0.3 is 0 Å². The van der Waals surface area contributed by atoms with Gasteiger partial charge in [0.25, 0.3) is 0 Å². The number of hydrogen-bond donors (Lipinski definition) is 1. The molecule has 2 N–H and O–H groups in total. The molecule has 6 heteroatoms. The first-order valence-corrected chi connectivity index (χ1v) is 8.07. The summed E-state index contributed by atoms with van der Waals surface area (Å²) in [5.74, 6) is 0.609. The van der Waals surface area contributed by atoms with Crippen molar-refractivity contribution in [1.29, 1.82) is 0 Å². The minimum Gasteiger partial charge on any atom is -0.496 e. The first-order chi connectivity index (χ1) is 11.0. The van der Waals surface area contributed by atoms with E-state index in [9.17, 15) is 9.18 Å². The highest BCUT2D eigenvalue weighted by Gasteiger charge is 2.21. The average molecular weight is 323 g/mol. The van der Waals surface area contributed by atoms with E-state index in [0.29, 0.717) is 31.8 Å². The van der Waals surface area contributed by atoms with E-state index in [-0.39, 0.29) is 17.8 Å². The lowest BCUT2D eigenvalue weighted by molar-refractivity contribution is -0.133. The monoisotopic (exact) mass is 323 g/mol. The van der Waals surface area contributed by atoms with Gasteiger partial charge in [-0.05, 0) is 31.5 Å². The number of nitrogens with zero attached hydrogens (tertiary/aromatic N) is 2. The number of halogens is 1. The fourth-order valence-corrected chi connectivity index (χ4v) is 2.78. The number of carbonyl (C=O) groups excluding carboxylic acids is 1. The molecule has 1 atom stereocenters. The van der Waals surface area contributed by atoms with Gasteiger partial charge in [0.15, 0.2) is 0 Å². The van der Waals surface area contributed by atoms with Crippen molar-refractivity contribution in [3.05, 3.63) is 29.6 Å². The van der Waals surface area contributed by atoms with Gasteiger partial charge < -0.3 is 15.4 Å². The lowest BCUT2D eigenvalue weighted by Crippen LogP contribution is -2.48. The SMILES string of the molecule is COc1ccc(F)cc1CN1CCN(C(=O)CCC(C)N)CC1. The van der Waals surface area contributed by atoms with E-state index in [2.05, 4.69) is 4.90 Å². The van der Waals surface area contributed by atoms with Crippen LogP contribution in [0.25, 0.3) is 0 Å². The summed E-state index contributed by atoms with van der Waals surface area (Å²) in [5, 5.41) is 0. The highest BCUT2D eigenvalue weighted by molar-refractivity contribution is 5.76. The summed E-state index contributed by atoms with van der Waals surface area (Å²) in [6, 6.07) is 4.62. The zero-order chi connectivity index (χ0) is 16.8. The van der Waals surface area contributed by atoms with Crippen molar-refractivity contribution in [2.24, 2.45) is 5.73 Å². The second kappa shape index (κ2) is 8.26. The fraction of sp³-hybridized carbons (Fsp3) is 0.588. The molecule has 1 amide bonds. The summed E-state index contributed by atoms with van der Waals surface area (Å²) < 4.78 is 18.7. The van der Waals surface area contributed by atoms with Crippen molar-refractivity contribution >= 4 is 5.91 Å². The quantitative estimate of drug-likeness (QED) is 0.864. The molecule has 0 bridgehead atoms. The van der Waals surface area contributed by atoms with Crippen molar-refractivity contribution in [3.8, 4) is 5.75 Å². The molecule has 1 saturated heterocycles. The zero-order valence-corrected chi connectivity index (χ0v) is 13.9. The maximum Gasteiger partial charge on any atom is 0.222 e. The molecule has 1 aromatic rings. The average Bonchev–Trinajstić information content (AvgIpc) is 2.53. The number of rotatable bonds is 6. The molecular weight excluding hydrogens is 297 g/mol. The summed E-state index contributed by atoms with van der Waals surface area (Å²) in [7, 11) is 1.59. The molecule has 1 fully saturated rings. The van der Waals surface area contributed by atoms with Crippen LogP contribution in [-0.2, 0) is 11.3 Å². The van der Waals surface area contributed by atoms with Crippen LogP contribution in [0.4, 0.5) is 4.39 Å². The summed E-state index contributed by atoms with van der Waals surface area (Å²) in [6.45, 7) is 5.51. The number of methoxy groups -OCH3 is 1. The molecule has 1 aliphatic rings. The Labute approximate surface area is 137 Å². The predicted molar refractivity (Wildman–Crippen MR) is 87.7 cm³/mol. The molecule has 2 rings (SSSR count). The number of hydrogen-bond acceptors (Lipinski definition) is 4. The molecule has 1 aromatic carbocycles. The van der Waals surface area contributed by atoms with Crippen LogP contribution >= 0.6 is 0 Å². The first kappa shape index (κ1) is 17.7. The first-order valence-electron chi connectivity index (χ1n) is 8.07. The van der Waals surface area contributed by atoms with Gasteiger partial charge in [-0.3, -0.25) is 9.69 Å². The van der Waals surface area contributed by atoms with Gasteiger partial charge in [-0.15, -0.1) is 0 Å². The van der Waals surface area contributed by atoms with Gasteiger partial charge in [-0.2, -0.15) is 0 Å². The molecule has 1 heterocycles. The normalized spacial score (nSPS) is 17.1. The minimum atomic E-state index is -0.259. The second-order valence-corrected chi connectivity index (χ2v) is 6.13. The smallest absolute Gasteiger partial charge is 0.222 e. The molecule has 23 heavy (non-hydrogen) atoms. The van der Waals surface area contributed by atoms with Crippen LogP contribution in [-0.4, -0.2) is 55.0 Å². The second-order valence-electron chi connectivity index (χ2n) is 6.13. The molecule has 0 aromatic heterocycles. The van der Waals surface area contributed by atoms with Crippen LogP contribution in [0.2, 0.25) is 0 Å². The third kappa shape index (κ3) is 5.18. The predicted octanol–water partition coefficient (Wildman–Crippen LogP) is 1.61. The summed E-state index contributed by atoms with van der Waals surface area (Å²) >= 11 is 0. The highest BCUT2D eigenvalue weighted by atomic mass is 19.1. The maximum atomic E-state index is 13.4. The standard InChI is InChI=1S/C17H26FN3O2/c1-13(19)3-6-17(22)21-9-7-20(8-10-21)12-14-11-15(18)4-5-16(14)23-2/h4-5,11,13H,3,6-10,12,19H2,1-2H3. The van der Waals surface area contributed by atoms with E-state index >= 15 is 0 Å². The molecule has 0 aliphatic carbocycles. The molecule has 0 radical (unpaired) electrons. The van der Waals surface area contributed by atoms with Crippen LogP contribution in [0.1, 0.15) is 25.3 Å². The summed E-state index contributed by atoms with van der Waals surface area (Å²) in [4.78, 5) is 16.2. The van der Waals surface area contributed by atoms with Gasteiger partial charge in [-0.25, -0.2) is 4.39 Å². The van der Waals surface area contributed by atoms with Crippen molar-refractivity contribution < 1.29 is 13.9 Å². The van der Waals surface area contributed by atoms with Crippen LogP contribution in [0.5, 0.6) is 5.75 Å². The van der Waals surface area contributed by atoms with E-state index in [0.717, 1.165) is 25.1 Å². The van der Waals surface area contributed by atoms with Crippen molar-refractivity contribution in [3.63, 3.8) is 0 Å². The maximum absolute atomic E-state index is 13.4. The molecule has 5 nitrogen and oxygen atoms in total. The Morgan fingerprint density at radius 2 is 2.04 bits per heavy atom. The van der Waals surface area contributed by atoms with Gasteiger partial charge in [0, 0.05) is 50.7 Å². The number of amides is 1. The number of piperazine rings is 1. The Balaban J connectivity index is 1.85. The molecule has 0 spiro atoms. The lowest BCUT2D eigenvalue weighted by Gasteiger charge is -2.35. The Kier molecular flexibility index (Phi) is 6.36. The molecule has 1 aliphatic heterocycles. The van der Waals surface area contributed by atoms with Crippen LogP contribution in [0.15, 0.2) is 18.2 Å². The Bertz CT molecular complexity index is 529. The highest BCUT2D eigenvalue weighted by Crippen LogP contribution is 2.21. The minimum absolute atomic E-state index is 0.0562. The van der Waals surface area contributed by atoms with Gasteiger partial charge in [-0.1, -0.05) is 0 Å².